The van der Waals surface area contributed by atoms with Crippen molar-refractivity contribution in [2.24, 2.45) is 5.73 Å². The lowest BCUT2D eigenvalue weighted by atomic mass is 10.1. The number of benzene rings is 2. The number of aliphatic hydroxyl groups is 1. The van der Waals surface area contributed by atoms with Gasteiger partial charge in [-0.2, -0.15) is 0 Å². The van der Waals surface area contributed by atoms with Gasteiger partial charge in [-0.15, -0.1) is 11.3 Å². The lowest BCUT2D eigenvalue weighted by Gasteiger charge is -2.30. The first kappa shape index (κ1) is 26.4. The van der Waals surface area contributed by atoms with Gasteiger partial charge >= 0.3 is 0 Å². The summed E-state index contributed by atoms with van der Waals surface area (Å²) >= 11 is 1.39. The largest absolute Gasteiger partial charge is 0.393 e. The smallest absolute Gasteiger partial charge is 0.268 e. The molecule has 10 nitrogen and oxygen atoms in total. The van der Waals surface area contributed by atoms with Gasteiger partial charge in [-0.3, -0.25) is 19.7 Å². The van der Waals surface area contributed by atoms with E-state index in [0.29, 0.717) is 40.4 Å². The molecule has 2 aromatic carbocycles. The lowest BCUT2D eigenvalue weighted by molar-refractivity contribution is -0.118. The zero-order chi connectivity index (χ0) is 27.4. The van der Waals surface area contributed by atoms with Crippen LogP contribution in [-0.2, 0) is 11.3 Å². The third kappa shape index (κ3) is 6.27. The first-order chi connectivity index (χ1) is 18.9. The fourth-order valence-corrected chi connectivity index (χ4v) is 5.51. The van der Waals surface area contributed by atoms with E-state index in [0.717, 1.165) is 23.6 Å². The van der Waals surface area contributed by atoms with Gasteiger partial charge < -0.3 is 25.6 Å². The van der Waals surface area contributed by atoms with E-state index < -0.39 is 5.91 Å². The van der Waals surface area contributed by atoms with E-state index >= 15 is 0 Å². The number of aliphatic hydroxyl groups excluding tert-OH is 1. The molecule has 5 N–H and O–H groups in total. The Labute approximate surface area is 229 Å². The monoisotopic (exact) mass is 546 g/mol. The van der Waals surface area contributed by atoms with E-state index in [-0.39, 0.29) is 37.3 Å². The van der Waals surface area contributed by atoms with Crippen molar-refractivity contribution >= 4 is 56.6 Å². The molecule has 0 aliphatic carbocycles. The molecule has 0 spiro atoms. The number of amides is 2. The summed E-state index contributed by atoms with van der Waals surface area (Å²) in [6.45, 7) is 1.88. The first-order valence-corrected chi connectivity index (χ1v) is 13.6. The van der Waals surface area contributed by atoms with E-state index in [2.05, 4.69) is 20.5 Å². The van der Waals surface area contributed by atoms with Crippen LogP contribution < -0.4 is 21.3 Å². The molecule has 0 bridgehead atoms. The van der Waals surface area contributed by atoms with Crippen LogP contribution in [0.2, 0.25) is 0 Å². The van der Waals surface area contributed by atoms with E-state index in [4.69, 9.17) is 5.73 Å². The number of anilines is 3. The van der Waals surface area contributed by atoms with Crippen LogP contribution in [0.25, 0.3) is 11.0 Å². The summed E-state index contributed by atoms with van der Waals surface area (Å²) in [5.74, 6) is -0.483. The van der Waals surface area contributed by atoms with Crippen LogP contribution in [0.1, 0.15) is 39.3 Å². The number of fused-ring (bicyclic) bond motifs is 1. The molecule has 1 fully saturated rings. The molecule has 0 atom stereocenters. The average molecular weight is 547 g/mol. The van der Waals surface area contributed by atoms with Gasteiger partial charge in [-0.1, -0.05) is 30.3 Å². The number of hydrogen-bond donors (Lipinski definition) is 4. The van der Waals surface area contributed by atoms with Gasteiger partial charge in [0.1, 0.15) is 0 Å². The minimum Gasteiger partial charge on any atom is -0.393 e. The van der Waals surface area contributed by atoms with Gasteiger partial charge in [0, 0.05) is 37.3 Å². The number of imidazole rings is 1. The predicted octanol–water partition coefficient (Wildman–Crippen LogP) is 3.48. The fraction of sp³-hybridized carbons (Fsp3) is 0.286. The highest BCUT2D eigenvalue weighted by molar-refractivity contribution is 7.18. The number of thiophene rings is 1. The maximum absolute atomic E-state index is 13.2. The molecule has 0 saturated carbocycles. The minimum absolute atomic E-state index is 0.0355. The van der Waals surface area contributed by atoms with Crippen molar-refractivity contribution in [2.45, 2.75) is 31.9 Å². The number of hydrogen-bond acceptors (Lipinski definition) is 8. The second-order valence-electron chi connectivity index (χ2n) is 9.46. The van der Waals surface area contributed by atoms with Crippen LogP contribution in [0, 0.1) is 0 Å². The van der Waals surface area contributed by atoms with Gasteiger partial charge in [-0.05, 0) is 43.2 Å². The third-order valence-electron chi connectivity index (χ3n) is 6.70. The zero-order valence-corrected chi connectivity index (χ0v) is 22.1. The summed E-state index contributed by atoms with van der Waals surface area (Å²) in [5, 5.41) is 16.8. The molecule has 2 amide bonds. The van der Waals surface area contributed by atoms with Crippen molar-refractivity contribution in [3.63, 3.8) is 0 Å². The van der Waals surface area contributed by atoms with E-state index in [1.54, 1.807) is 28.8 Å². The molecule has 3 heterocycles. The molecule has 202 valence electrons. The maximum atomic E-state index is 13.2. The van der Waals surface area contributed by atoms with Crippen molar-refractivity contribution in [3.05, 3.63) is 71.1 Å². The van der Waals surface area contributed by atoms with Crippen LogP contribution in [0.4, 0.5) is 16.6 Å². The minimum atomic E-state index is -0.457. The molecule has 1 saturated heterocycles. The van der Waals surface area contributed by atoms with Gasteiger partial charge in [0.25, 0.3) is 5.91 Å². The summed E-state index contributed by atoms with van der Waals surface area (Å²) in [7, 11) is 0. The Bertz CT molecular complexity index is 1490. The summed E-state index contributed by atoms with van der Waals surface area (Å²) < 4.78 is 1.76. The van der Waals surface area contributed by atoms with Crippen molar-refractivity contribution in [2.75, 3.05) is 35.2 Å². The van der Waals surface area contributed by atoms with Gasteiger partial charge in [0.2, 0.25) is 11.9 Å². The number of nitrogens with two attached hydrogens (primary N) is 1. The summed E-state index contributed by atoms with van der Waals surface area (Å²) in [4.78, 5) is 44.5. The SMILES string of the molecule is NC(=O)CCn1c(NC(=O)c2ccc(N3CCC(O)CC3)s2)nc2cc(NCC(=O)c3ccccc3)ccc21. The molecule has 11 heteroatoms. The quantitative estimate of drug-likeness (QED) is 0.223. The highest BCUT2D eigenvalue weighted by Crippen LogP contribution is 2.30. The van der Waals surface area contributed by atoms with Crippen molar-refractivity contribution in [1.29, 1.82) is 0 Å². The number of aromatic nitrogens is 2. The Morgan fingerprint density at radius 3 is 2.56 bits per heavy atom. The van der Waals surface area contributed by atoms with Crippen molar-refractivity contribution in [1.82, 2.24) is 9.55 Å². The molecule has 4 aromatic rings. The maximum Gasteiger partial charge on any atom is 0.268 e. The van der Waals surface area contributed by atoms with Crippen LogP contribution >= 0.6 is 11.3 Å². The Hall–Kier alpha value is -4.22. The number of ketones is 1. The normalized spacial score (nSPS) is 13.9. The lowest BCUT2D eigenvalue weighted by Crippen LogP contribution is -2.35. The highest BCUT2D eigenvalue weighted by atomic mass is 32.1. The highest BCUT2D eigenvalue weighted by Gasteiger charge is 2.21. The third-order valence-corrected chi connectivity index (χ3v) is 7.84. The van der Waals surface area contributed by atoms with Crippen LogP contribution in [0.5, 0.6) is 0 Å². The van der Waals surface area contributed by atoms with Crippen molar-refractivity contribution < 1.29 is 19.5 Å². The molecule has 5 rings (SSSR count). The number of rotatable bonds is 10. The number of primary amides is 1. The van der Waals surface area contributed by atoms with Crippen LogP contribution in [-0.4, -0.2) is 58.0 Å². The molecule has 39 heavy (non-hydrogen) atoms. The van der Waals surface area contributed by atoms with E-state index in [9.17, 15) is 19.5 Å². The Morgan fingerprint density at radius 1 is 1.05 bits per heavy atom. The van der Waals surface area contributed by atoms with Gasteiger partial charge in [0.05, 0.1) is 33.6 Å². The Morgan fingerprint density at radius 2 is 1.82 bits per heavy atom. The summed E-state index contributed by atoms with van der Waals surface area (Å²) in [6.07, 6.45) is 1.24. The molecule has 0 radical (unpaired) electrons. The van der Waals surface area contributed by atoms with E-state index in [1.807, 2.05) is 36.4 Å². The zero-order valence-electron chi connectivity index (χ0n) is 21.3. The summed E-state index contributed by atoms with van der Waals surface area (Å²) in [5.41, 5.74) is 8.06. The molecule has 1 aliphatic heterocycles. The van der Waals surface area contributed by atoms with Crippen LogP contribution in [0.15, 0.2) is 60.7 Å². The second kappa shape index (κ2) is 11.7. The van der Waals surface area contributed by atoms with Crippen molar-refractivity contribution in [3.8, 4) is 0 Å². The summed E-state index contributed by atoms with van der Waals surface area (Å²) in [6, 6.07) is 18.2. The first-order valence-electron chi connectivity index (χ1n) is 12.8. The second-order valence-corrected chi connectivity index (χ2v) is 10.5. The van der Waals surface area contributed by atoms with Gasteiger partial charge in [0.15, 0.2) is 5.78 Å². The average Bonchev–Trinajstić information content (AvgIpc) is 3.56. The van der Waals surface area contributed by atoms with E-state index in [1.165, 1.54) is 11.3 Å². The standard InChI is InChI=1S/C28H30N6O4S/c29-25(37)12-15-34-22-7-6-19(30-17-23(36)18-4-2-1-3-5-18)16-21(22)31-28(34)32-27(38)24-8-9-26(39-24)33-13-10-20(35)11-14-33/h1-9,16,20,30,35H,10-15,17H2,(H2,29,37)(H,31,32,38). The number of carbonyl (C=O) groups is 3. The molecular formula is C28H30N6O4S. The number of nitrogens with zero attached hydrogens (tertiary/aromatic N) is 3. The molecule has 1 aliphatic rings. The Balaban J connectivity index is 1.33. The molecule has 2 aromatic heterocycles. The number of aryl methyl sites for hydroxylation is 1. The number of piperidine rings is 1. The topological polar surface area (TPSA) is 143 Å². The number of nitrogens with one attached hydrogen (secondary N) is 2. The van der Waals surface area contributed by atoms with Gasteiger partial charge in [-0.25, -0.2) is 4.98 Å². The molecule has 0 unspecified atom stereocenters. The van der Waals surface area contributed by atoms with Crippen LogP contribution in [0.3, 0.4) is 0 Å². The number of carbonyl (C=O) groups excluding carboxylic acids is 3. The number of Topliss-reactive ketones (excluding diaryl/α,β-unsaturated/α-hetero) is 1. The predicted molar refractivity (Wildman–Crippen MR) is 153 cm³/mol. The Kier molecular flexibility index (Phi) is 7.89. The fourth-order valence-electron chi connectivity index (χ4n) is 4.56. The molecular weight excluding hydrogens is 516 g/mol.